The molecule has 0 aromatic heterocycles. The van der Waals surface area contributed by atoms with E-state index >= 15 is 0 Å². The number of carbonyl (C=O) groups excluding carboxylic acids is 1. The second-order valence-corrected chi connectivity index (χ2v) is 4.78. The molecular weight excluding hydrogens is 272 g/mol. The van der Waals surface area contributed by atoms with Crippen LogP contribution in [0.3, 0.4) is 0 Å². The van der Waals surface area contributed by atoms with Gasteiger partial charge in [0, 0.05) is 0 Å². The molecule has 21 heavy (non-hydrogen) atoms. The summed E-state index contributed by atoms with van der Waals surface area (Å²) in [4.78, 5) is 22.0. The summed E-state index contributed by atoms with van der Waals surface area (Å²) in [6.07, 6.45) is 4.21. The van der Waals surface area contributed by atoms with Gasteiger partial charge in [-0.15, -0.1) is 0 Å². The molecule has 1 aromatic carbocycles. The highest BCUT2D eigenvalue weighted by Gasteiger charge is 2.05. The van der Waals surface area contributed by atoms with Gasteiger partial charge in [-0.2, -0.15) is 0 Å². The third-order valence-corrected chi connectivity index (χ3v) is 2.90. The third kappa shape index (κ3) is 7.97. The Morgan fingerprint density at radius 3 is 2.43 bits per heavy atom. The van der Waals surface area contributed by atoms with Crippen molar-refractivity contribution in [1.29, 1.82) is 0 Å². The Morgan fingerprint density at radius 2 is 1.81 bits per heavy atom. The van der Waals surface area contributed by atoms with Crippen molar-refractivity contribution in [2.24, 2.45) is 0 Å². The number of carboxylic acids is 1. The van der Waals surface area contributed by atoms with E-state index in [9.17, 15) is 9.59 Å². The van der Waals surface area contributed by atoms with Gasteiger partial charge in [0.25, 0.3) is 0 Å². The maximum atomic E-state index is 11.4. The van der Waals surface area contributed by atoms with E-state index in [2.05, 4.69) is 6.92 Å². The molecule has 0 amide bonds. The number of carbonyl (C=O) groups is 2. The molecule has 0 saturated heterocycles. The standard InChI is InChI=1S/C16H22O5/c1-2-3-4-5-10-20-16(19)12-21-14-8-6-13(7-9-14)11-15(17)18/h6-9H,2-5,10-12H2,1H3,(H,17,18). The number of aliphatic carboxylic acids is 1. The summed E-state index contributed by atoms with van der Waals surface area (Å²) in [5, 5.41) is 8.66. The van der Waals surface area contributed by atoms with E-state index in [1.54, 1.807) is 24.3 Å². The fraction of sp³-hybridized carbons (Fsp3) is 0.500. The van der Waals surface area contributed by atoms with E-state index in [0.717, 1.165) is 25.7 Å². The van der Waals surface area contributed by atoms with Crippen LogP contribution < -0.4 is 4.74 Å². The molecule has 0 saturated carbocycles. The van der Waals surface area contributed by atoms with E-state index in [4.69, 9.17) is 14.6 Å². The molecule has 116 valence electrons. The van der Waals surface area contributed by atoms with Gasteiger partial charge >= 0.3 is 11.9 Å². The van der Waals surface area contributed by atoms with Crippen molar-refractivity contribution in [3.63, 3.8) is 0 Å². The monoisotopic (exact) mass is 294 g/mol. The zero-order valence-electron chi connectivity index (χ0n) is 12.3. The van der Waals surface area contributed by atoms with Gasteiger partial charge in [-0.05, 0) is 24.1 Å². The predicted octanol–water partition coefficient (Wildman–Crippen LogP) is 2.82. The number of hydrogen-bond acceptors (Lipinski definition) is 4. The van der Waals surface area contributed by atoms with Crippen LogP contribution in [0.15, 0.2) is 24.3 Å². The Morgan fingerprint density at radius 1 is 1.10 bits per heavy atom. The number of benzene rings is 1. The summed E-state index contributed by atoms with van der Waals surface area (Å²) >= 11 is 0. The average Bonchev–Trinajstić information content (AvgIpc) is 2.46. The number of carboxylic acid groups (broad SMARTS) is 1. The van der Waals surface area contributed by atoms with E-state index in [1.807, 2.05) is 0 Å². The Hall–Kier alpha value is -2.04. The number of ether oxygens (including phenoxy) is 2. The zero-order chi connectivity index (χ0) is 15.5. The maximum absolute atomic E-state index is 11.4. The number of rotatable bonds is 10. The minimum Gasteiger partial charge on any atom is -0.482 e. The molecule has 0 unspecified atom stereocenters. The SMILES string of the molecule is CCCCCCOC(=O)COc1ccc(CC(=O)O)cc1. The summed E-state index contributed by atoms with van der Waals surface area (Å²) in [6, 6.07) is 6.62. The van der Waals surface area contributed by atoms with Crippen LogP contribution in [-0.4, -0.2) is 30.3 Å². The normalized spacial score (nSPS) is 10.1. The molecule has 0 heterocycles. The van der Waals surface area contributed by atoms with E-state index < -0.39 is 5.97 Å². The van der Waals surface area contributed by atoms with Crippen molar-refractivity contribution in [2.75, 3.05) is 13.2 Å². The van der Waals surface area contributed by atoms with Gasteiger partial charge in [-0.1, -0.05) is 38.3 Å². The van der Waals surface area contributed by atoms with Crippen LogP contribution in [0.25, 0.3) is 0 Å². The molecule has 1 N–H and O–H groups in total. The molecule has 0 bridgehead atoms. The quantitative estimate of drug-likeness (QED) is 0.530. The summed E-state index contributed by atoms with van der Waals surface area (Å²) < 4.78 is 10.3. The Labute approximate surface area is 124 Å². The van der Waals surface area contributed by atoms with Crippen molar-refractivity contribution in [1.82, 2.24) is 0 Å². The van der Waals surface area contributed by atoms with Gasteiger partial charge in [-0.25, -0.2) is 4.79 Å². The van der Waals surface area contributed by atoms with Gasteiger partial charge in [0.1, 0.15) is 5.75 Å². The molecule has 1 rings (SSSR count). The van der Waals surface area contributed by atoms with Crippen molar-refractivity contribution >= 4 is 11.9 Å². The van der Waals surface area contributed by atoms with Gasteiger partial charge < -0.3 is 14.6 Å². The van der Waals surface area contributed by atoms with Gasteiger partial charge in [-0.3, -0.25) is 4.79 Å². The largest absolute Gasteiger partial charge is 0.482 e. The molecule has 0 aliphatic carbocycles. The molecule has 5 heteroatoms. The first-order valence-electron chi connectivity index (χ1n) is 7.21. The zero-order valence-corrected chi connectivity index (χ0v) is 12.3. The number of hydrogen-bond donors (Lipinski definition) is 1. The number of esters is 1. The highest BCUT2D eigenvalue weighted by molar-refractivity contribution is 5.71. The summed E-state index contributed by atoms with van der Waals surface area (Å²) in [6.45, 7) is 2.42. The Bertz CT molecular complexity index is 438. The topological polar surface area (TPSA) is 72.8 Å². The minimum absolute atomic E-state index is 0.0277. The maximum Gasteiger partial charge on any atom is 0.344 e. The summed E-state index contributed by atoms with van der Waals surface area (Å²) in [5.41, 5.74) is 0.688. The molecule has 1 aromatic rings. The fourth-order valence-electron chi connectivity index (χ4n) is 1.78. The predicted molar refractivity (Wildman–Crippen MR) is 78.4 cm³/mol. The van der Waals surface area contributed by atoms with Crippen molar-refractivity contribution in [2.45, 2.75) is 39.0 Å². The lowest BCUT2D eigenvalue weighted by atomic mass is 10.1. The lowest BCUT2D eigenvalue weighted by Crippen LogP contribution is -2.15. The molecule has 0 radical (unpaired) electrons. The lowest BCUT2D eigenvalue weighted by molar-refractivity contribution is -0.146. The molecule has 0 aliphatic rings. The summed E-state index contributed by atoms with van der Waals surface area (Å²) in [5.74, 6) is -0.747. The highest BCUT2D eigenvalue weighted by atomic mass is 16.6. The first kappa shape index (κ1) is 17.0. The van der Waals surface area contributed by atoms with Crippen LogP contribution in [-0.2, 0) is 20.7 Å². The van der Waals surface area contributed by atoms with E-state index in [-0.39, 0.29) is 19.0 Å². The molecule has 0 aliphatic heterocycles. The molecule has 0 fully saturated rings. The van der Waals surface area contributed by atoms with Crippen LogP contribution in [0.1, 0.15) is 38.2 Å². The first-order chi connectivity index (χ1) is 10.1. The van der Waals surface area contributed by atoms with Crippen molar-refractivity contribution in [3.8, 4) is 5.75 Å². The molecule has 5 nitrogen and oxygen atoms in total. The molecular formula is C16H22O5. The second kappa shape index (κ2) is 9.80. The molecule has 0 atom stereocenters. The second-order valence-electron chi connectivity index (χ2n) is 4.78. The minimum atomic E-state index is -0.879. The first-order valence-corrected chi connectivity index (χ1v) is 7.21. The van der Waals surface area contributed by atoms with E-state index in [0.29, 0.717) is 17.9 Å². The summed E-state index contributed by atoms with van der Waals surface area (Å²) in [7, 11) is 0. The lowest BCUT2D eigenvalue weighted by Gasteiger charge is -2.07. The van der Waals surface area contributed by atoms with Crippen LogP contribution in [0.5, 0.6) is 5.75 Å². The van der Waals surface area contributed by atoms with Gasteiger partial charge in [0.15, 0.2) is 6.61 Å². The smallest absolute Gasteiger partial charge is 0.344 e. The average molecular weight is 294 g/mol. The van der Waals surface area contributed by atoms with E-state index in [1.165, 1.54) is 0 Å². The van der Waals surface area contributed by atoms with Crippen LogP contribution in [0.2, 0.25) is 0 Å². The van der Waals surface area contributed by atoms with Gasteiger partial charge in [0.2, 0.25) is 0 Å². The fourth-order valence-corrected chi connectivity index (χ4v) is 1.78. The van der Waals surface area contributed by atoms with Gasteiger partial charge in [0.05, 0.1) is 13.0 Å². The Kier molecular flexibility index (Phi) is 7.94. The third-order valence-electron chi connectivity index (χ3n) is 2.90. The number of unbranched alkanes of at least 4 members (excludes halogenated alkanes) is 3. The van der Waals surface area contributed by atoms with Crippen LogP contribution in [0.4, 0.5) is 0 Å². The van der Waals surface area contributed by atoms with Crippen LogP contribution >= 0.6 is 0 Å². The highest BCUT2D eigenvalue weighted by Crippen LogP contribution is 2.12. The Balaban J connectivity index is 2.21. The van der Waals surface area contributed by atoms with Crippen molar-refractivity contribution in [3.05, 3.63) is 29.8 Å². The van der Waals surface area contributed by atoms with Crippen LogP contribution in [0, 0.1) is 0 Å². The van der Waals surface area contributed by atoms with Crippen molar-refractivity contribution < 1.29 is 24.2 Å². The molecule has 0 spiro atoms.